The van der Waals surface area contributed by atoms with Crippen LogP contribution in [0.15, 0.2) is 77.2 Å². The van der Waals surface area contributed by atoms with Gasteiger partial charge in [-0.3, -0.25) is 4.79 Å². The van der Waals surface area contributed by atoms with Gasteiger partial charge in [-0.2, -0.15) is 0 Å². The van der Waals surface area contributed by atoms with Crippen LogP contribution in [0.1, 0.15) is 13.3 Å². The van der Waals surface area contributed by atoms with E-state index in [1.165, 1.54) is 0 Å². The van der Waals surface area contributed by atoms with Crippen molar-refractivity contribution >= 4 is 11.6 Å². The van der Waals surface area contributed by atoms with E-state index in [1.807, 2.05) is 55.5 Å². The molecule has 0 saturated heterocycles. The Morgan fingerprint density at radius 2 is 1.68 bits per heavy atom. The number of anilines is 1. The first kappa shape index (κ1) is 21.5. The Morgan fingerprint density at radius 3 is 2.50 bits per heavy atom. The van der Waals surface area contributed by atoms with Crippen molar-refractivity contribution in [3.8, 4) is 40.2 Å². The minimum absolute atomic E-state index is 0.274. The summed E-state index contributed by atoms with van der Waals surface area (Å²) >= 11 is 0. The third-order valence-electron chi connectivity index (χ3n) is 5.31. The number of benzene rings is 3. The van der Waals surface area contributed by atoms with Gasteiger partial charge in [0.2, 0.25) is 5.89 Å². The Balaban J connectivity index is 1.34. The van der Waals surface area contributed by atoms with E-state index in [0.29, 0.717) is 59.9 Å². The number of rotatable bonds is 7. The van der Waals surface area contributed by atoms with Crippen LogP contribution in [0.3, 0.4) is 0 Å². The summed E-state index contributed by atoms with van der Waals surface area (Å²) in [5.41, 5.74) is 2.04. The number of ether oxygens (including phenoxy) is 3. The monoisotopic (exact) mass is 457 g/mol. The van der Waals surface area contributed by atoms with Gasteiger partial charge in [-0.1, -0.05) is 37.3 Å². The minimum atomic E-state index is -0.731. The molecule has 0 saturated carbocycles. The van der Waals surface area contributed by atoms with Gasteiger partial charge in [0.25, 0.3) is 11.8 Å². The molecule has 0 aliphatic carbocycles. The van der Waals surface area contributed by atoms with Gasteiger partial charge in [0.05, 0.1) is 5.56 Å². The summed E-state index contributed by atoms with van der Waals surface area (Å²) in [6.45, 7) is 2.87. The van der Waals surface area contributed by atoms with Gasteiger partial charge in [-0.05, 0) is 42.8 Å². The van der Waals surface area contributed by atoms with E-state index in [2.05, 4.69) is 15.5 Å². The molecule has 1 atom stereocenters. The average Bonchev–Trinajstić information content (AvgIpc) is 3.38. The number of amides is 1. The summed E-state index contributed by atoms with van der Waals surface area (Å²) in [6, 6.07) is 22.1. The Hall–Kier alpha value is -4.33. The number of nitrogens with one attached hydrogen (secondary N) is 1. The molecule has 3 aromatic carbocycles. The molecule has 8 heteroatoms. The fourth-order valence-corrected chi connectivity index (χ4v) is 3.59. The number of carbonyl (C=O) groups is 1. The zero-order valence-electron chi connectivity index (χ0n) is 18.6. The second-order valence-corrected chi connectivity index (χ2v) is 7.64. The predicted molar refractivity (Wildman–Crippen MR) is 126 cm³/mol. The van der Waals surface area contributed by atoms with Crippen molar-refractivity contribution in [2.75, 3.05) is 18.5 Å². The SMILES string of the molecule is CC[C@@H](Oc1ccccc1-c1nnc(-c2ccccc2)o1)C(=O)Nc1ccc2c(c1)OCCO2. The molecule has 1 aliphatic heterocycles. The molecule has 8 nitrogen and oxygen atoms in total. The van der Waals surface area contributed by atoms with Crippen LogP contribution in [-0.4, -0.2) is 35.4 Å². The van der Waals surface area contributed by atoms with Gasteiger partial charge in [-0.15, -0.1) is 10.2 Å². The molecule has 1 aromatic heterocycles. The summed E-state index contributed by atoms with van der Waals surface area (Å²) in [5, 5.41) is 11.2. The van der Waals surface area contributed by atoms with Gasteiger partial charge in [0.1, 0.15) is 19.0 Å². The maximum Gasteiger partial charge on any atom is 0.265 e. The number of carbonyl (C=O) groups excluding carboxylic acids is 1. The first-order valence-corrected chi connectivity index (χ1v) is 11.1. The lowest BCUT2D eigenvalue weighted by molar-refractivity contribution is -0.122. The van der Waals surface area contributed by atoms with Crippen molar-refractivity contribution in [1.29, 1.82) is 0 Å². The van der Waals surface area contributed by atoms with Crippen LogP contribution in [0.5, 0.6) is 17.2 Å². The van der Waals surface area contributed by atoms with Crippen molar-refractivity contribution in [3.63, 3.8) is 0 Å². The molecule has 4 aromatic rings. The van der Waals surface area contributed by atoms with Crippen LogP contribution >= 0.6 is 0 Å². The normalized spacial score (nSPS) is 13.2. The highest BCUT2D eigenvalue weighted by Crippen LogP contribution is 2.34. The molecule has 1 N–H and O–H groups in total. The molecular weight excluding hydrogens is 434 g/mol. The molecule has 1 amide bonds. The Labute approximate surface area is 196 Å². The van der Waals surface area contributed by atoms with Crippen LogP contribution < -0.4 is 19.5 Å². The summed E-state index contributed by atoms with van der Waals surface area (Å²) < 4.78 is 23.1. The predicted octanol–water partition coefficient (Wildman–Crippen LogP) is 4.97. The molecule has 0 bridgehead atoms. The molecule has 34 heavy (non-hydrogen) atoms. The van der Waals surface area contributed by atoms with E-state index >= 15 is 0 Å². The van der Waals surface area contributed by atoms with Crippen molar-refractivity contribution in [1.82, 2.24) is 10.2 Å². The number of hydrogen-bond acceptors (Lipinski definition) is 7. The maximum absolute atomic E-state index is 13.0. The number of hydrogen-bond donors (Lipinski definition) is 1. The Bertz CT molecular complexity index is 1290. The lowest BCUT2D eigenvalue weighted by Gasteiger charge is -2.21. The van der Waals surface area contributed by atoms with E-state index in [9.17, 15) is 4.79 Å². The number of aromatic nitrogens is 2. The summed E-state index contributed by atoms with van der Waals surface area (Å²) in [6.07, 6.45) is -0.269. The molecular formula is C26H23N3O5. The molecule has 0 radical (unpaired) electrons. The lowest BCUT2D eigenvalue weighted by Crippen LogP contribution is -2.32. The van der Waals surface area contributed by atoms with Crippen molar-refractivity contribution in [2.24, 2.45) is 0 Å². The molecule has 0 fully saturated rings. The fraction of sp³-hybridized carbons (Fsp3) is 0.192. The zero-order valence-corrected chi connectivity index (χ0v) is 18.6. The Kier molecular flexibility index (Phi) is 6.11. The van der Waals surface area contributed by atoms with Gasteiger partial charge in [-0.25, -0.2) is 0 Å². The second kappa shape index (κ2) is 9.66. The van der Waals surface area contributed by atoms with Gasteiger partial charge in [0, 0.05) is 17.3 Å². The summed E-state index contributed by atoms with van der Waals surface area (Å²) in [5.74, 6) is 2.20. The number of nitrogens with zero attached hydrogens (tertiary/aromatic N) is 2. The smallest absolute Gasteiger partial charge is 0.265 e. The van der Waals surface area contributed by atoms with E-state index < -0.39 is 6.10 Å². The van der Waals surface area contributed by atoms with Crippen LogP contribution in [0.2, 0.25) is 0 Å². The molecule has 5 rings (SSSR count). The minimum Gasteiger partial charge on any atom is -0.486 e. The highest BCUT2D eigenvalue weighted by atomic mass is 16.6. The van der Waals surface area contributed by atoms with E-state index in [4.69, 9.17) is 18.6 Å². The van der Waals surface area contributed by atoms with Crippen LogP contribution in [-0.2, 0) is 4.79 Å². The third-order valence-corrected chi connectivity index (χ3v) is 5.31. The van der Waals surface area contributed by atoms with E-state index in [1.54, 1.807) is 24.3 Å². The quantitative estimate of drug-likeness (QED) is 0.418. The maximum atomic E-state index is 13.0. The van der Waals surface area contributed by atoms with Gasteiger partial charge >= 0.3 is 0 Å². The zero-order chi connectivity index (χ0) is 23.3. The standard InChI is InChI=1S/C26H23N3O5/c1-2-20(24(30)27-18-12-13-22-23(16-18)32-15-14-31-22)33-21-11-7-6-10-19(21)26-29-28-25(34-26)17-8-4-3-5-9-17/h3-13,16,20H,2,14-15H2,1H3,(H,27,30)/t20-/m1/s1. The van der Waals surface area contributed by atoms with Crippen molar-refractivity contribution in [2.45, 2.75) is 19.4 Å². The van der Waals surface area contributed by atoms with Crippen molar-refractivity contribution in [3.05, 3.63) is 72.8 Å². The summed E-state index contributed by atoms with van der Waals surface area (Å²) in [4.78, 5) is 13.0. The first-order valence-electron chi connectivity index (χ1n) is 11.1. The first-order chi connectivity index (χ1) is 16.7. The summed E-state index contributed by atoms with van der Waals surface area (Å²) in [7, 11) is 0. The molecule has 1 aliphatic rings. The third kappa shape index (κ3) is 4.56. The van der Waals surface area contributed by atoms with Crippen LogP contribution in [0.4, 0.5) is 5.69 Å². The fourth-order valence-electron chi connectivity index (χ4n) is 3.59. The second-order valence-electron chi connectivity index (χ2n) is 7.64. The van der Waals surface area contributed by atoms with Gasteiger partial charge in [0.15, 0.2) is 17.6 Å². The lowest BCUT2D eigenvalue weighted by atomic mass is 10.2. The van der Waals surface area contributed by atoms with Crippen LogP contribution in [0, 0.1) is 0 Å². The number of para-hydroxylation sites is 1. The van der Waals surface area contributed by atoms with E-state index in [0.717, 1.165) is 5.56 Å². The number of fused-ring (bicyclic) bond motifs is 1. The highest BCUT2D eigenvalue weighted by molar-refractivity contribution is 5.94. The largest absolute Gasteiger partial charge is 0.486 e. The van der Waals surface area contributed by atoms with Crippen LogP contribution in [0.25, 0.3) is 22.9 Å². The molecule has 2 heterocycles. The Morgan fingerprint density at radius 1 is 0.941 bits per heavy atom. The molecule has 172 valence electrons. The highest BCUT2D eigenvalue weighted by Gasteiger charge is 2.23. The topological polar surface area (TPSA) is 95.7 Å². The van der Waals surface area contributed by atoms with Gasteiger partial charge < -0.3 is 23.9 Å². The van der Waals surface area contributed by atoms with E-state index in [-0.39, 0.29) is 5.91 Å². The molecule has 0 unspecified atom stereocenters. The van der Waals surface area contributed by atoms with Crippen molar-refractivity contribution < 1.29 is 23.4 Å². The average molecular weight is 457 g/mol. The molecule has 0 spiro atoms.